The standard InChI is InChI=1S/C22H25NO5/c24-20-9-19(12-23-10-17-3-1-2-4-18(17)11-23)27-14-21(20)28-13-15-5-7-16(8-6-15)22(25)26/h1-4,9,14-16H,5-8,10-13H2,(H,25,26). The molecule has 6 nitrogen and oxygen atoms in total. The van der Waals surface area contributed by atoms with Crippen molar-refractivity contribution < 1.29 is 19.1 Å². The van der Waals surface area contributed by atoms with Crippen molar-refractivity contribution in [2.24, 2.45) is 11.8 Å². The predicted octanol–water partition coefficient (Wildman–Crippen LogP) is 3.43. The Morgan fingerprint density at radius 3 is 2.43 bits per heavy atom. The van der Waals surface area contributed by atoms with E-state index in [0.29, 0.717) is 31.8 Å². The number of hydrogen-bond acceptors (Lipinski definition) is 5. The molecule has 0 bridgehead atoms. The zero-order chi connectivity index (χ0) is 19.5. The normalized spacial score (nSPS) is 22.0. The van der Waals surface area contributed by atoms with Gasteiger partial charge in [-0.05, 0) is 42.7 Å². The Kier molecular flexibility index (Phi) is 5.48. The number of carboxylic acid groups (broad SMARTS) is 1. The second kappa shape index (κ2) is 8.19. The van der Waals surface area contributed by atoms with E-state index in [9.17, 15) is 9.59 Å². The molecular weight excluding hydrogens is 358 g/mol. The number of ether oxygens (including phenoxy) is 1. The molecule has 0 saturated heterocycles. The summed E-state index contributed by atoms with van der Waals surface area (Å²) in [4.78, 5) is 25.6. The molecule has 28 heavy (non-hydrogen) atoms. The Labute approximate surface area is 163 Å². The Bertz CT molecular complexity index is 873. The van der Waals surface area contributed by atoms with Gasteiger partial charge in [0.05, 0.1) is 19.1 Å². The molecule has 2 aromatic rings. The van der Waals surface area contributed by atoms with E-state index in [2.05, 4.69) is 17.0 Å². The van der Waals surface area contributed by atoms with E-state index < -0.39 is 5.97 Å². The van der Waals surface area contributed by atoms with Gasteiger partial charge in [-0.15, -0.1) is 0 Å². The maximum absolute atomic E-state index is 12.4. The number of rotatable bonds is 6. The van der Waals surface area contributed by atoms with Crippen LogP contribution in [0.4, 0.5) is 0 Å². The zero-order valence-electron chi connectivity index (χ0n) is 15.8. The van der Waals surface area contributed by atoms with Crippen LogP contribution in [0.1, 0.15) is 42.6 Å². The van der Waals surface area contributed by atoms with Gasteiger partial charge in [-0.25, -0.2) is 0 Å². The lowest BCUT2D eigenvalue weighted by Crippen LogP contribution is -2.25. The van der Waals surface area contributed by atoms with Crippen LogP contribution in [0.3, 0.4) is 0 Å². The Morgan fingerprint density at radius 1 is 1.14 bits per heavy atom. The molecule has 0 atom stereocenters. The maximum Gasteiger partial charge on any atom is 0.306 e. The van der Waals surface area contributed by atoms with E-state index >= 15 is 0 Å². The van der Waals surface area contributed by atoms with Crippen LogP contribution >= 0.6 is 0 Å². The lowest BCUT2D eigenvalue weighted by atomic mass is 9.82. The molecule has 1 saturated carbocycles. The highest BCUT2D eigenvalue weighted by Crippen LogP contribution is 2.29. The van der Waals surface area contributed by atoms with Crippen LogP contribution in [0.15, 0.2) is 45.8 Å². The van der Waals surface area contributed by atoms with Gasteiger partial charge in [0.25, 0.3) is 0 Å². The fourth-order valence-electron chi connectivity index (χ4n) is 4.15. The molecular formula is C22H25NO5. The molecule has 2 heterocycles. The van der Waals surface area contributed by atoms with Crippen LogP contribution in [-0.2, 0) is 24.4 Å². The Hall–Kier alpha value is -2.60. The van der Waals surface area contributed by atoms with Crippen LogP contribution in [0.25, 0.3) is 0 Å². The molecule has 1 aromatic heterocycles. The van der Waals surface area contributed by atoms with E-state index in [1.807, 2.05) is 12.1 Å². The maximum atomic E-state index is 12.4. The number of benzene rings is 1. The smallest absolute Gasteiger partial charge is 0.306 e. The van der Waals surface area contributed by atoms with Gasteiger partial charge < -0.3 is 14.3 Å². The molecule has 148 valence electrons. The van der Waals surface area contributed by atoms with Gasteiger partial charge in [0.2, 0.25) is 11.2 Å². The first-order valence-corrected chi connectivity index (χ1v) is 9.85. The first kappa shape index (κ1) is 18.7. The van der Waals surface area contributed by atoms with Crippen molar-refractivity contribution in [2.75, 3.05) is 6.61 Å². The first-order chi connectivity index (χ1) is 13.6. The number of carbonyl (C=O) groups is 1. The third-order valence-corrected chi connectivity index (χ3v) is 5.81. The minimum Gasteiger partial charge on any atom is -0.486 e. The van der Waals surface area contributed by atoms with E-state index in [1.165, 1.54) is 23.5 Å². The van der Waals surface area contributed by atoms with E-state index in [0.717, 1.165) is 25.9 Å². The van der Waals surface area contributed by atoms with Crippen molar-refractivity contribution in [3.05, 3.63) is 63.7 Å². The molecule has 1 aromatic carbocycles. The average Bonchev–Trinajstić information content (AvgIpc) is 3.10. The summed E-state index contributed by atoms with van der Waals surface area (Å²) in [6, 6.07) is 9.86. The number of carboxylic acids is 1. The summed E-state index contributed by atoms with van der Waals surface area (Å²) in [6.07, 6.45) is 4.39. The summed E-state index contributed by atoms with van der Waals surface area (Å²) in [7, 11) is 0. The number of nitrogens with zero attached hydrogens (tertiary/aromatic N) is 1. The van der Waals surface area contributed by atoms with Crippen molar-refractivity contribution >= 4 is 5.97 Å². The first-order valence-electron chi connectivity index (χ1n) is 9.85. The number of hydrogen-bond donors (Lipinski definition) is 1. The van der Waals surface area contributed by atoms with Gasteiger partial charge in [-0.2, -0.15) is 0 Å². The van der Waals surface area contributed by atoms with E-state index in [-0.39, 0.29) is 23.0 Å². The molecule has 0 radical (unpaired) electrons. The van der Waals surface area contributed by atoms with Gasteiger partial charge in [-0.1, -0.05) is 24.3 Å². The van der Waals surface area contributed by atoms with Crippen LogP contribution in [-0.4, -0.2) is 22.6 Å². The fourth-order valence-corrected chi connectivity index (χ4v) is 4.15. The molecule has 1 aliphatic heterocycles. The summed E-state index contributed by atoms with van der Waals surface area (Å²) in [6.45, 7) is 2.73. The number of fused-ring (bicyclic) bond motifs is 1. The van der Waals surface area contributed by atoms with Crippen molar-refractivity contribution in [1.29, 1.82) is 0 Å². The summed E-state index contributed by atoms with van der Waals surface area (Å²) >= 11 is 0. The van der Waals surface area contributed by atoms with Gasteiger partial charge in [0, 0.05) is 19.2 Å². The van der Waals surface area contributed by atoms with E-state index in [1.54, 1.807) is 0 Å². The average molecular weight is 383 g/mol. The lowest BCUT2D eigenvalue weighted by molar-refractivity contribution is -0.143. The predicted molar refractivity (Wildman–Crippen MR) is 103 cm³/mol. The Balaban J connectivity index is 1.29. The second-order valence-electron chi connectivity index (χ2n) is 7.86. The molecule has 4 rings (SSSR count). The summed E-state index contributed by atoms with van der Waals surface area (Å²) in [5.41, 5.74) is 2.47. The molecule has 6 heteroatoms. The SMILES string of the molecule is O=C(O)C1CCC(COc2coc(CN3Cc4ccccc4C3)cc2=O)CC1. The van der Waals surface area contributed by atoms with Gasteiger partial charge >= 0.3 is 5.97 Å². The minimum atomic E-state index is -0.711. The quantitative estimate of drug-likeness (QED) is 0.823. The van der Waals surface area contributed by atoms with Crippen molar-refractivity contribution in [2.45, 2.75) is 45.3 Å². The molecule has 1 aliphatic carbocycles. The monoisotopic (exact) mass is 383 g/mol. The summed E-state index contributed by atoms with van der Waals surface area (Å²) in [5, 5.41) is 9.06. The minimum absolute atomic E-state index is 0.169. The van der Waals surface area contributed by atoms with Crippen LogP contribution in [0, 0.1) is 11.8 Å². The highest BCUT2D eigenvalue weighted by Gasteiger charge is 2.26. The molecule has 1 fully saturated rings. The zero-order valence-corrected chi connectivity index (χ0v) is 15.8. The molecule has 0 unspecified atom stereocenters. The largest absolute Gasteiger partial charge is 0.486 e. The van der Waals surface area contributed by atoms with Crippen molar-refractivity contribution in [1.82, 2.24) is 4.90 Å². The molecule has 1 N–H and O–H groups in total. The third kappa shape index (κ3) is 4.28. The van der Waals surface area contributed by atoms with Crippen molar-refractivity contribution in [3.63, 3.8) is 0 Å². The van der Waals surface area contributed by atoms with Gasteiger partial charge in [0.1, 0.15) is 12.0 Å². The Morgan fingerprint density at radius 2 is 1.82 bits per heavy atom. The second-order valence-corrected chi connectivity index (χ2v) is 7.86. The topological polar surface area (TPSA) is 80.0 Å². The summed E-state index contributed by atoms with van der Waals surface area (Å²) < 4.78 is 11.3. The molecule has 2 aliphatic rings. The van der Waals surface area contributed by atoms with Crippen LogP contribution in [0.5, 0.6) is 5.75 Å². The van der Waals surface area contributed by atoms with Crippen LogP contribution in [0.2, 0.25) is 0 Å². The third-order valence-electron chi connectivity index (χ3n) is 5.81. The lowest BCUT2D eigenvalue weighted by Gasteiger charge is -2.25. The highest BCUT2D eigenvalue weighted by molar-refractivity contribution is 5.69. The van der Waals surface area contributed by atoms with Crippen LogP contribution < -0.4 is 10.2 Å². The fraction of sp³-hybridized carbons (Fsp3) is 0.455. The highest BCUT2D eigenvalue weighted by atomic mass is 16.5. The number of aliphatic carboxylic acids is 1. The molecule has 0 amide bonds. The van der Waals surface area contributed by atoms with Gasteiger partial charge in [-0.3, -0.25) is 14.5 Å². The summed E-state index contributed by atoms with van der Waals surface area (Å²) in [5.74, 6) is 0.202. The van der Waals surface area contributed by atoms with Gasteiger partial charge in [0.15, 0.2) is 0 Å². The van der Waals surface area contributed by atoms with E-state index in [4.69, 9.17) is 14.3 Å². The molecule has 0 spiro atoms. The van der Waals surface area contributed by atoms with Crippen molar-refractivity contribution in [3.8, 4) is 5.75 Å².